The first kappa shape index (κ1) is 11.9. The Morgan fingerprint density at radius 3 is 2.88 bits per heavy atom. The van der Waals surface area contributed by atoms with E-state index < -0.39 is 0 Å². The summed E-state index contributed by atoms with van der Waals surface area (Å²) in [6, 6.07) is 5.92. The number of halogens is 2. The van der Waals surface area contributed by atoms with E-state index in [4.69, 9.17) is 11.6 Å². The molecular formula is C14H17BrClN. The van der Waals surface area contributed by atoms with Gasteiger partial charge < -0.3 is 5.32 Å². The zero-order valence-electron chi connectivity index (χ0n) is 9.76. The smallest absolute Gasteiger partial charge is 0.0499 e. The lowest BCUT2D eigenvalue weighted by Crippen LogP contribution is -2.20. The van der Waals surface area contributed by atoms with Crippen LogP contribution < -0.4 is 5.32 Å². The second-order valence-corrected chi connectivity index (χ2v) is 6.73. The second kappa shape index (κ2) is 4.81. The highest BCUT2D eigenvalue weighted by Crippen LogP contribution is 2.48. The molecule has 0 spiro atoms. The van der Waals surface area contributed by atoms with Gasteiger partial charge in [0, 0.05) is 21.7 Å². The largest absolute Gasteiger partial charge is 0.384 e. The zero-order valence-corrected chi connectivity index (χ0v) is 12.1. The Labute approximate surface area is 116 Å². The van der Waals surface area contributed by atoms with Crippen LogP contribution in [-0.2, 0) is 0 Å². The van der Waals surface area contributed by atoms with Crippen molar-refractivity contribution in [2.24, 2.45) is 17.8 Å². The lowest BCUT2D eigenvalue weighted by atomic mass is 9.89. The number of benzene rings is 1. The number of rotatable bonds is 3. The molecule has 1 nitrogen and oxygen atoms in total. The Morgan fingerprint density at radius 1 is 1.29 bits per heavy atom. The number of fused-ring (bicyclic) bond motifs is 2. The number of hydrogen-bond donors (Lipinski definition) is 1. The first-order valence-corrected chi connectivity index (χ1v) is 7.58. The van der Waals surface area contributed by atoms with Gasteiger partial charge in [-0.25, -0.2) is 0 Å². The Balaban J connectivity index is 1.62. The lowest BCUT2D eigenvalue weighted by Gasteiger charge is -2.22. The van der Waals surface area contributed by atoms with Gasteiger partial charge in [-0.3, -0.25) is 0 Å². The van der Waals surface area contributed by atoms with Crippen molar-refractivity contribution in [3.8, 4) is 0 Å². The Morgan fingerprint density at radius 2 is 2.18 bits per heavy atom. The van der Waals surface area contributed by atoms with Gasteiger partial charge in [-0.1, -0.05) is 18.0 Å². The number of nitrogens with one attached hydrogen (secondary N) is 1. The summed E-state index contributed by atoms with van der Waals surface area (Å²) < 4.78 is 1.10. The molecule has 1 aromatic rings. The van der Waals surface area contributed by atoms with E-state index in [9.17, 15) is 0 Å². The SMILES string of the molecule is Clc1ccc(Br)c(NCC2CC3CCC2C3)c1. The van der Waals surface area contributed by atoms with Crippen molar-refractivity contribution in [3.63, 3.8) is 0 Å². The molecule has 3 rings (SSSR count). The zero-order chi connectivity index (χ0) is 11.8. The number of anilines is 1. The molecule has 0 amide bonds. The molecule has 0 saturated heterocycles. The summed E-state index contributed by atoms with van der Waals surface area (Å²) in [5.74, 6) is 2.87. The molecule has 3 heteroatoms. The third kappa shape index (κ3) is 2.48. The van der Waals surface area contributed by atoms with Crippen LogP contribution in [0.3, 0.4) is 0 Å². The highest BCUT2D eigenvalue weighted by atomic mass is 79.9. The van der Waals surface area contributed by atoms with Gasteiger partial charge in [0.2, 0.25) is 0 Å². The standard InChI is InChI=1S/C14H17BrClN/c15-13-4-3-12(16)7-14(13)17-8-11-6-9-1-2-10(11)5-9/h3-4,7,9-11,17H,1-2,5-6,8H2. The van der Waals surface area contributed by atoms with E-state index in [0.29, 0.717) is 0 Å². The minimum atomic E-state index is 0.795. The highest BCUT2D eigenvalue weighted by Gasteiger charge is 2.39. The maximum atomic E-state index is 6.01. The Kier molecular flexibility index (Phi) is 3.36. The van der Waals surface area contributed by atoms with E-state index in [1.54, 1.807) is 0 Å². The average molecular weight is 315 g/mol. The van der Waals surface area contributed by atoms with Crippen LogP contribution in [-0.4, -0.2) is 6.54 Å². The van der Waals surface area contributed by atoms with E-state index in [1.165, 1.54) is 25.7 Å². The summed E-state index contributed by atoms with van der Waals surface area (Å²) in [6.45, 7) is 1.10. The topological polar surface area (TPSA) is 12.0 Å². The molecule has 2 fully saturated rings. The summed E-state index contributed by atoms with van der Waals surface area (Å²) in [6.07, 6.45) is 5.83. The molecule has 1 aromatic carbocycles. The molecule has 17 heavy (non-hydrogen) atoms. The molecule has 2 aliphatic carbocycles. The van der Waals surface area contributed by atoms with E-state index in [0.717, 1.165) is 39.5 Å². The molecule has 92 valence electrons. The maximum Gasteiger partial charge on any atom is 0.0499 e. The van der Waals surface area contributed by atoms with Crippen molar-refractivity contribution in [2.75, 3.05) is 11.9 Å². The molecule has 2 saturated carbocycles. The molecule has 3 unspecified atom stereocenters. The predicted molar refractivity (Wildman–Crippen MR) is 76.6 cm³/mol. The minimum absolute atomic E-state index is 0.795. The predicted octanol–water partition coefficient (Wildman–Crippen LogP) is 4.95. The van der Waals surface area contributed by atoms with Crippen molar-refractivity contribution in [1.82, 2.24) is 0 Å². The van der Waals surface area contributed by atoms with Gasteiger partial charge in [0.05, 0.1) is 0 Å². The summed E-state index contributed by atoms with van der Waals surface area (Å²) in [5.41, 5.74) is 1.13. The normalized spacial score (nSPS) is 30.8. The van der Waals surface area contributed by atoms with Crippen LogP contribution in [0.25, 0.3) is 0 Å². The molecule has 0 aromatic heterocycles. The van der Waals surface area contributed by atoms with Gasteiger partial charge in [0.25, 0.3) is 0 Å². The van der Waals surface area contributed by atoms with Crippen molar-refractivity contribution < 1.29 is 0 Å². The summed E-state index contributed by atoms with van der Waals surface area (Å²) in [7, 11) is 0. The monoisotopic (exact) mass is 313 g/mol. The molecule has 2 aliphatic rings. The third-order valence-electron chi connectivity index (χ3n) is 4.37. The number of hydrogen-bond acceptors (Lipinski definition) is 1. The summed E-state index contributed by atoms with van der Waals surface area (Å²) in [5, 5.41) is 4.34. The van der Waals surface area contributed by atoms with E-state index in [1.807, 2.05) is 18.2 Å². The molecule has 0 radical (unpaired) electrons. The first-order chi connectivity index (χ1) is 8.22. The summed E-state index contributed by atoms with van der Waals surface area (Å²) >= 11 is 9.57. The molecule has 1 N–H and O–H groups in total. The van der Waals surface area contributed by atoms with E-state index in [-0.39, 0.29) is 0 Å². The van der Waals surface area contributed by atoms with Gasteiger partial charge in [-0.2, -0.15) is 0 Å². The van der Waals surface area contributed by atoms with Crippen LogP contribution in [0, 0.1) is 17.8 Å². The minimum Gasteiger partial charge on any atom is -0.384 e. The van der Waals surface area contributed by atoms with E-state index in [2.05, 4.69) is 21.2 Å². The van der Waals surface area contributed by atoms with Gasteiger partial charge >= 0.3 is 0 Å². The molecule has 2 bridgehead atoms. The van der Waals surface area contributed by atoms with Crippen molar-refractivity contribution in [2.45, 2.75) is 25.7 Å². The maximum absolute atomic E-state index is 6.01. The fourth-order valence-electron chi connectivity index (χ4n) is 3.50. The fourth-order valence-corrected chi connectivity index (χ4v) is 4.06. The van der Waals surface area contributed by atoms with Gasteiger partial charge in [-0.05, 0) is 71.1 Å². The first-order valence-electron chi connectivity index (χ1n) is 6.41. The Hall–Kier alpha value is -0.210. The summed E-state index contributed by atoms with van der Waals surface area (Å²) in [4.78, 5) is 0. The van der Waals surface area contributed by atoms with Crippen molar-refractivity contribution >= 4 is 33.2 Å². The molecular weight excluding hydrogens is 298 g/mol. The van der Waals surface area contributed by atoms with Crippen LogP contribution in [0.1, 0.15) is 25.7 Å². The van der Waals surface area contributed by atoms with Crippen molar-refractivity contribution in [3.05, 3.63) is 27.7 Å². The molecule has 0 heterocycles. The van der Waals surface area contributed by atoms with Gasteiger partial charge in [-0.15, -0.1) is 0 Å². The lowest BCUT2D eigenvalue weighted by molar-refractivity contribution is 0.348. The Bertz CT molecular complexity index is 421. The highest BCUT2D eigenvalue weighted by molar-refractivity contribution is 9.10. The van der Waals surface area contributed by atoms with Crippen LogP contribution in [0.2, 0.25) is 5.02 Å². The second-order valence-electron chi connectivity index (χ2n) is 5.44. The quantitative estimate of drug-likeness (QED) is 0.832. The molecule has 0 aliphatic heterocycles. The van der Waals surface area contributed by atoms with Crippen molar-refractivity contribution in [1.29, 1.82) is 0 Å². The average Bonchev–Trinajstić information content (AvgIpc) is 2.92. The van der Waals surface area contributed by atoms with Crippen LogP contribution in [0.15, 0.2) is 22.7 Å². The van der Waals surface area contributed by atoms with Crippen LogP contribution in [0.5, 0.6) is 0 Å². The van der Waals surface area contributed by atoms with Crippen LogP contribution in [0.4, 0.5) is 5.69 Å². The third-order valence-corrected chi connectivity index (χ3v) is 5.29. The van der Waals surface area contributed by atoms with Crippen LogP contribution >= 0.6 is 27.5 Å². The fraction of sp³-hybridized carbons (Fsp3) is 0.571. The molecule has 3 atom stereocenters. The van der Waals surface area contributed by atoms with Gasteiger partial charge in [0.15, 0.2) is 0 Å². The van der Waals surface area contributed by atoms with Gasteiger partial charge in [0.1, 0.15) is 0 Å². The van der Waals surface area contributed by atoms with E-state index >= 15 is 0 Å².